The molecule has 1 aliphatic carbocycles. The summed E-state index contributed by atoms with van der Waals surface area (Å²) in [5, 5.41) is 10.3. The van der Waals surface area contributed by atoms with Gasteiger partial charge in [0.1, 0.15) is 16.8 Å². The average molecular weight is 409 g/mol. The highest BCUT2D eigenvalue weighted by Crippen LogP contribution is 2.40. The SMILES string of the molecule is CCC(C)(C)[C@@H]1CCc2nc(SCC(=O)c3ccc(OC)cc3)c(C#N)cc2C1. The number of benzene rings is 1. The van der Waals surface area contributed by atoms with Crippen LogP contribution in [0.4, 0.5) is 0 Å². The molecular formula is C24H28N2O2S. The molecule has 0 amide bonds. The summed E-state index contributed by atoms with van der Waals surface area (Å²) >= 11 is 1.35. The molecule has 0 fully saturated rings. The van der Waals surface area contributed by atoms with Crippen LogP contribution in [0, 0.1) is 22.7 Å². The molecule has 4 nitrogen and oxygen atoms in total. The number of carbonyl (C=O) groups is 1. The van der Waals surface area contributed by atoms with Crippen LogP contribution >= 0.6 is 11.8 Å². The van der Waals surface area contributed by atoms with E-state index in [9.17, 15) is 10.1 Å². The number of hydrogen-bond donors (Lipinski definition) is 0. The highest BCUT2D eigenvalue weighted by Gasteiger charge is 2.32. The third kappa shape index (κ3) is 4.82. The highest BCUT2D eigenvalue weighted by molar-refractivity contribution is 8.00. The van der Waals surface area contributed by atoms with E-state index in [1.54, 1.807) is 31.4 Å². The molecule has 1 aromatic carbocycles. The topological polar surface area (TPSA) is 63.0 Å². The molecule has 1 atom stereocenters. The van der Waals surface area contributed by atoms with E-state index in [4.69, 9.17) is 9.72 Å². The number of fused-ring (bicyclic) bond motifs is 1. The monoisotopic (exact) mass is 408 g/mol. The molecule has 1 aliphatic rings. The Morgan fingerprint density at radius 2 is 2.07 bits per heavy atom. The van der Waals surface area contributed by atoms with Crippen LogP contribution in [0.1, 0.15) is 60.8 Å². The van der Waals surface area contributed by atoms with Crippen LogP contribution < -0.4 is 4.74 Å². The maximum absolute atomic E-state index is 12.5. The van der Waals surface area contributed by atoms with Crippen molar-refractivity contribution in [3.05, 3.63) is 52.7 Å². The number of nitrogens with zero attached hydrogens (tertiary/aromatic N) is 2. The Balaban J connectivity index is 1.74. The highest BCUT2D eigenvalue weighted by atomic mass is 32.2. The maximum Gasteiger partial charge on any atom is 0.173 e. The van der Waals surface area contributed by atoms with Crippen molar-refractivity contribution in [1.82, 2.24) is 4.98 Å². The number of thioether (sulfide) groups is 1. The minimum absolute atomic E-state index is 0.0193. The fourth-order valence-electron chi connectivity index (χ4n) is 3.79. The Morgan fingerprint density at radius 1 is 1.34 bits per heavy atom. The summed E-state index contributed by atoms with van der Waals surface area (Å²) in [4.78, 5) is 17.3. The first-order valence-corrected chi connectivity index (χ1v) is 11.1. The molecule has 0 bridgehead atoms. The Hall–Kier alpha value is -2.32. The summed E-state index contributed by atoms with van der Waals surface area (Å²) in [6, 6.07) is 11.4. The minimum atomic E-state index is 0.0193. The molecule has 0 N–H and O–H groups in total. The van der Waals surface area contributed by atoms with Crippen molar-refractivity contribution >= 4 is 17.5 Å². The van der Waals surface area contributed by atoms with Crippen molar-refractivity contribution in [2.24, 2.45) is 11.3 Å². The van der Waals surface area contributed by atoms with Crippen molar-refractivity contribution in [3.63, 3.8) is 0 Å². The van der Waals surface area contributed by atoms with Crippen LogP contribution in [-0.2, 0) is 12.8 Å². The van der Waals surface area contributed by atoms with Gasteiger partial charge in [-0.05, 0) is 66.5 Å². The van der Waals surface area contributed by atoms with Gasteiger partial charge in [-0.3, -0.25) is 4.79 Å². The lowest BCUT2D eigenvalue weighted by Crippen LogP contribution is -2.29. The van der Waals surface area contributed by atoms with Crippen LogP contribution in [0.3, 0.4) is 0 Å². The minimum Gasteiger partial charge on any atom is -0.497 e. The first-order valence-electron chi connectivity index (χ1n) is 10.1. The van der Waals surface area contributed by atoms with Gasteiger partial charge in [-0.1, -0.05) is 39.0 Å². The second kappa shape index (κ2) is 9.00. The Labute approximate surface area is 177 Å². The molecule has 152 valence electrons. The van der Waals surface area contributed by atoms with Crippen LogP contribution in [0.5, 0.6) is 5.75 Å². The van der Waals surface area contributed by atoms with Crippen molar-refractivity contribution in [2.45, 2.75) is 51.5 Å². The van der Waals surface area contributed by atoms with Gasteiger partial charge in [-0.25, -0.2) is 4.98 Å². The third-order valence-electron chi connectivity index (χ3n) is 6.24. The summed E-state index contributed by atoms with van der Waals surface area (Å²) in [6.45, 7) is 6.90. The fraction of sp³-hybridized carbons (Fsp3) is 0.458. The quantitative estimate of drug-likeness (QED) is 0.448. The van der Waals surface area contributed by atoms with E-state index >= 15 is 0 Å². The molecule has 0 aliphatic heterocycles. The zero-order valence-electron chi connectivity index (χ0n) is 17.6. The molecule has 0 saturated carbocycles. The standard InChI is InChI=1S/C24H28N2O2S/c1-5-24(2,3)19-8-11-21-17(13-19)12-18(14-25)23(26-21)29-15-22(27)16-6-9-20(28-4)10-7-16/h6-7,9-10,12,19H,5,8,11,13,15H2,1-4H3/t19-/m1/s1. The molecule has 0 unspecified atom stereocenters. The van der Waals surface area contributed by atoms with E-state index in [1.165, 1.54) is 17.3 Å². The second-order valence-corrected chi connectivity index (χ2v) is 9.24. The number of hydrogen-bond acceptors (Lipinski definition) is 5. The number of carbonyl (C=O) groups excluding carboxylic acids is 1. The number of aryl methyl sites for hydroxylation is 1. The van der Waals surface area contributed by atoms with Gasteiger partial charge >= 0.3 is 0 Å². The molecule has 0 radical (unpaired) electrons. The molecule has 0 spiro atoms. The molecule has 5 heteroatoms. The van der Waals surface area contributed by atoms with Crippen molar-refractivity contribution in [2.75, 3.05) is 12.9 Å². The van der Waals surface area contributed by atoms with E-state index in [2.05, 4.69) is 26.8 Å². The Bertz CT molecular complexity index is 929. The first kappa shape index (κ1) is 21.4. The van der Waals surface area contributed by atoms with Crippen molar-refractivity contribution in [3.8, 4) is 11.8 Å². The average Bonchev–Trinajstić information content (AvgIpc) is 2.76. The van der Waals surface area contributed by atoms with Crippen LogP contribution in [0.25, 0.3) is 0 Å². The lowest BCUT2D eigenvalue weighted by atomic mass is 9.69. The van der Waals surface area contributed by atoms with E-state index in [-0.39, 0.29) is 11.5 Å². The van der Waals surface area contributed by atoms with Gasteiger partial charge in [0.15, 0.2) is 5.78 Å². The summed E-state index contributed by atoms with van der Waals surface area (Å²) in [6.07, 6.45) is 4.19. The van der Waals surface area contributed by atoms with Crippen LogP contribution in [-0.4, -0.2) is 23.6 Å². The Kier molecular flexibility index (Phi) is 6.64. The molecular weight excluding hydrogens is 380 g/mol. The second-order valence-electron chi connectivity index (χ2n) is 8.28. The maximum atomic E-state index is 12.5. The predicted octanol–water partition coefficient (Wildman–Crippen LogP) is 5.48. The van der Waals surface area contributed by atoms with Gasteiger partial charge in [0.25, 0.3) is 0 Å². The number of ether oxygens (including phenoxy) is 1. The first-order chi connectivity index (χ1) is 13.9. The normalized spacial score (nSPS) is 16.0. The largest absolute Gasteiger partial charge is 0.497 e. The van der Waals surface area contributed by atoms with Crippen molar-refractivity contribution < 1.29 is 9.53 Å². The molecule has 0 saturated heterocycles. The van der Waals surface area contributed by atoms with E-state index < -0.39 is 0 Å². The lowest BCUT2D eigenvalue weighted by Gasteiger charge is -2.37. The fourth-order valence-corrected chi connectivity index (χ4v) is 4.65. The van der Waals surface area contributed by atoms with Gasteiger partial charge in [-0.15, -0.1) is 0 Å². The molecule has 1 aromatic heterocycles. The summed E-state index contributed by atoms with van der Waals surface area (Å²) < 4.78 is 5.13. The number of ketones is 1. The molecule has 29 heavy (non-hydrogen) atoms. The Morgan fingerprint density at radius 3 is 2.69 bits per heavy atom. The van der Waals surface area contributed by atoms with Gasteiger partial charge in [0.05, 0.1) is 18.4 Å². The van der Waals surface area contributed by atoms with Gasteiger partial charge in [-0.2, -0.15) is 5.26 Å². The van der Waals surface area contributed by atoms with Gasteiger partial charge in [0.2, 0.25) is 0 Å². The van der Waals surface area contributed by atoms with Crippen LogP contribution in [0.15, 0.2) is 35.4 Å². The number of Topliss-reactive ketones (excluding diaryl/α,β-unsaturated/α-hetero) is 1. The zero-order valence-corrected chi connectivity index (χ0v) is 18.4. The number of nitriles is 1. The molecule has 1 heterocycles. The summed E-state index contributed by atoms with van der Waals surface area (Å²) in [5.41, 5.74) is 3.80. The van der Waals surface area contributed by atoms with E-state index in [0.29, 0.717) is 27.5 Å². The van der Waals surface area contributed by atoms with Crippen molar-refractivity contribution in [1.29, 1.82) is 5.26 Å². The third-order valence-corrected chi connectivity index (χ3v) is 7.23. The summed E-state index contributed by atoms with van der Waals surface area (Å²) in [7, 11) is 1.60. The zero-order chi connectivity index (χ0) is 21.0. The summed E-state index contributed by atoms with van der Waals surface area (Å²) in [5.74, 6) is 1.62. The number of rotatable bonds is 7. The van der Waals surface area contributed by atoms with E-state index in [1.807, 2.05) is 6.07 Å². The van der Waals surface area contributed by atoms with Gasteiger partial charge in [0, 0.05) is 11.3 Å². The van der Waals surface area contributed by atoms with Gasteiger partial charge < -0.3 is 4.74 Å². The number of pyridine rings is 1. The lowest BCUT2D eigenvalue weighted by molar-refractivity contribution is 0.102. The smallest absolute Gasteiger partial charge is 0.173 e. The molecule has 3 rings (SSSR count). The van der Waals surface area contributed by atoms with E-state index in [0.717, 1.165) is 37.1 Å². The number of methoxy groups -OCH3 is 1. The number of aromatic nitrogens is 1. The van der Waals surface area contributed by atoms with Crippen LogP contribution in [0.2, 0.25) is 0 Å². The molecule has 2 aromatic rings. The predicted molar refractivity (Wildman–Crippen MR) is 117 cm³/mol.